The van der Waals surface area contributed by atoms with E-state index in [4.69, 9.17) is 23.2 Å². The van der Waals surface area contributed by atoms with E-state index < -0.39 is 11.8 Å². The summed E-state index contributed by atoms with van der Waals surface area (Å²) in [5.74, 6) is -1.66. The lowest BCUT2D eigenvalue weighted by Crippen LogP contribution is -1.97. The Kier molecular flexibility index (Phi) is 4.40. The van der Waals surface area contributed by atoms with Crippen molar-refractivity contribution in [3.05, 3.63) is 39.6 Å². The Hall–Kier alpha value is -1.46. The van der Waals surface area contributed by atoms with E-state index >= 15 is 0 Å². The Morgan fingerprint density at radius 3 is 2.40 bits per heavy atom. The third-order valence-corrected chi connectivity index (χ3v) is 3.12. The zero-order valence-corrected chi connectivity index (χ0v) is 12.2. The maximum Gasteiger partial charge on any atom is 0.219 e. The first kappa shape index (κ1) is 14.9. The molecule has 0 fully saturated rings. The van der Waals surface area contributed by atoms with Gasteiger partial charge in [0.1, 0.15) is 11.5 Å². The van der Waals surface area contributed by atoms with E-state index in [1.54, 1.807) is 0 Å². The zero-order valence-electron chi connectivity index (χ0n) is 9.92. The summed E-state index contributed by atoms with van der Waals surface area (Å²) in [5, 5.41) is 2.18. The first-order chi connectivity index (χ1) is 9.43. The molecule has 20 heavy (non-hydrogen) atoms. The van der Waals surface area contributed by atoms with Crippen LogP contribution in [0.25, 0.3) is 11.4 Å². The van der Waals surface area contributed by atoms with Gasteiger partial charge >= 0.3 is 0 Å². The molecule has 8 heteroatoms. The van der Waals surface area contributed by atoms with Crippen LogP contribution in [0.4, 0.5) is 14.5 Å². The molecule has 102 valence electrons. The first-order valence-electron chi connectivity index (χ1n) is 5.21. The Morgan fingerprint density at radius 1 is 1.20 bits per heavy atom. The Balaban J connectivity index is 2.63. The second kappa shape index (κ2) is 5.89. The van der Waals surface area contributed by atoms with Crippen molar-refractivity contribution < 1.29 is 8.78 Å². The van der Waals surface area contributed by atoms with Crippen LogP contribution in [0.5, 0.6) is 0 Å². The molecule has 0 atom stereocenters. The first-order valence-corrected chi connectivity index (χ1v) is 6.37. The molecule has 0 saturated heterocycles. The summed E-state index contributed by atoms with van der Waals surface area (Å²) < 4.78 is 27.0. The van der Waals surface area contributed by atoms with Crippen molar-refractivity contribution in [3.63, 3.8) is 0 Å². The molecule has 2 aromatic heterocycles. The summed E-state index contributed by atoms with van der Waals surface area (Å²) >= 11 is 16.3. The molecule has 0 aliphatic carbocycles. The van der Waals surface area contributed by atoms with Gasteiger partial charge in [0.05, 0.1) is 21.6 Å². The Bertz CT molecular complexity index is 699. The number of thiocarbonyl (C=S) groups is 1. The lowest BCUT2D eigenvalue weighted by atomic mass is 10.2. The van der Waals surface area contributed by atoms with Gasteiger partial charge in [0.25, 0.3) is 0 Å². The van der Waals surface area contributed by atoms with Gasteiger partial charge in [-0.05, 0) is 25.2 Å². The molecule has 2 heterocycles. The number of aliphatic imine (C=N–C) groups is 1. The number of isothiocyanates is 1. The molecule has 0 N–H and O–H groups in total. The molecular formula is C12H5Cl2F2N3S. The summed E-state index contributed by atoms with van der Waals surface area (Å²) in [6, 6.07) is 2.39. The summed E-state index contributed by atoms with van der Waals surface area (Å²) in [4.78, 5) is 11.2. The summed E-state index contributed by atoms with van der Waals surface area (Å²) in [7, 11) is 0. The zero-order chi connectivity index (χ0) is 14.9. The number of aromatic nitrogens is 2. The quantitative estimate of drug-likeness (QED) is 0.452. The number of hydrogen-bond acceptors (Lipinski definition) is 4. The van der Waals surface area contributed by atoms with Gasteiger partial charge in [0.15, 0.2) is 5.15 Å². The van der Waals surface area contributed by atoms with Gasteiger partial charge in [-0.1, -0.05) is 23.2 Å². The third-order valence-electron chi connectivity index (χ3n) is 2.47. The molecule has 0 aliphatic rings. The van der Waals surface area contributed by atoms with Crippen molar-refractivity contribution in [1.29, 1.82) is 0 Å². The van der Waals surface area contributed by atoms with E-state index in [0.717, 1.165) is 6.07 Å². The van der Waals surface area contributed by atoms with Gasteiger partial charge < -0.3 is 0 Å². The highest BCUT2D eigenvalue weighted by Gasteiger charge is 2.15. The normalized spacial score (nSPS) is 10.2. The van der Waals surface area contributed by atoms with E-state index in [1.165, 1.54) is 13.0 Å². The lowest BCUT2D eigenvalue weighted by molar-refractivity contribution is 0.539. The van der Waals surface area contributed by atoms with E-state index in [-0.39, 0.29) is 32.8 Å². The predicted octanol–water partition coefficient (Wildman–Crippen LogP) is 4.77. The van der Waals surface area contributed by atoms with Gasteiger partial charge in [-0.25, -0.2) is 14.4 Å². The summed E-state index contributed by atoms with van der Waals surface area (Å²) in [6.45, 7) is 1.28. The smallest absolute Gasteiger partial charge is 0.219 e. The Labute approximate surface area is 128 Å². The van der Waals surface area contributed by atoms with E-state index in [9.17, 15) is 8.78 Å². The van der Waals surface area contributed by atoms with Gasteiger partial charge in [-0.2, -0.15) is 9.38 Å². The second-order valence-corrected chi connectivity index (χ2v) is 4.68. The molecule has 0 radical (unpaired) electrons. The average Bonchev–Trinajstić information content (AvgIpc) is 2.39. The van der Waals surface area contributed by atoms with Gasteiger partial charge in [-0.3, -0.25) is 0 Å². The number of rotatable bonds is 2. The maximum absolute atomic E-state index is 13.5. The highest BCUT2D eigenvalue weighted by molar-refractivity contribution is 7.78. The van der Waals surface area contributed by atoms with Crippen molar-refractivity contribution in [3.8, 4) is 11.4 Å². The molecule has 0 aliphatic heterocycles. The fourth-order valence-electron chi connectivity index (χ4n) is 1.43. The molecule has 3 nitrogen and oxygen atoms in total. The minimum Gasteiger partial charge on any atom is -0.232 e. The molecule has 2 aromatic rings. The van der Waals surface area contributed by atoms with Crippen LogP contribution in [0.3, 0.4) is 0 Å². The Morgan fingerprint density at radius 2 is 1.85 bits per heavy atom. The molecule has 0 bridgehead atoms. The highest BCUT2D eigenvalue weighted by Crippen LogP contribution is 2.34. The van der Waals surface area contributed by atoms with Crippen LogP contribution in [0.15, 0.2) is 17.1 Å². The number of pyridine rings is 2. The minimum atomic E-state index is -0.921. The molecule has 0 spiro atoms. The van der Waals surface area contributed by atoms with Crippen molar-refractivity contribution in [2.45, 2.75) is 6.92 Å². The number of nitrogens with zero attached hydrogens (tertiary/aromatic N) is 3. The molecular weight excluding hydrogens is 327 g/mol. The molecule has 0 aromatic carbocycles. The lowest BCUT2D eigenvalue weighted by Gasteiger charge is -2.06. The topological polar surface area (TPSA) is 38.1 Å². The number of hydrogen-bond donors (Lipinski definition) is 0. The monoisotopic (exact) mass is 331 g/mol. The van der Waals surface area contributed by atoms with E-state index in [2.05, 4.69) is 32.3 Å². The van der Waals surface area contributed by atoms with E-state index in [0.29, 0.717) is 0 Å². The fourth-order valence-corrected chi connectivity index (χ4v) is 2.04. The second-order valence-electron chi connectivity index (χ2n) is 3.74. The fraction of sp³-hybridized carbons (Fsp3) is 0.0833. The van der Waals surface area contributed by atoms with Gasteiger partial charge in [0.2, 0.25) is 5.95 Å². The highest BCUT2D eigenvalue weighted by atomic mass is 35.5. The van der Waals surface area contributed by atoms with Crippen molar-refractivity contribution in [1.82, 2.24) is 9.97 Å². The number of halogens is 4. The summed E-state index contributed by atoms with van der Waals surface area (Å²) in [5.41, 5.74) is 0.0708. The van der Waals surface area contributed by atoms with Crippen LogP contribution >= 0.6 is 35.4 Å². The van der Waals surface area contributed by atoms with Crippen LogP contribution < -0.4 is 0 Å². The maximum atomic E-state index is 13.5. The standard InChI is InChI=1S/C12H5Cl2F2N3S/c1-5-7(15)3-9(19-12(5)16)8-2-6(13)10(17-4-20)11(14)18-8/h2-3H,1H3. The van der Waals surface area contributed by atoms with Crippen LogP contribution in [0, 0.1) is 18.7 Å². The minimum absolute atomic E-state index is 0.0210. The van der Waals surface area contributed by atoms with Crippen LogP contribution in [0.1, 0.15) is 5.56 Å². The summed E-state index contributed by atoms with van der Waals surface area (Å²) in [6.07, 6.45) is 0. The molecule has 0 unspecified atom stereocenters. The average molecular weight is 332 g/mol. The van der Waals surface area contributed by atoms with Crippen molar-refractivity contribution >= 4 is 46.3 Å². The van der Waals surface area contributed by atoms with Gasteiger partial charge in [-0.15, -0.1) is 0 Å². The largest absolute Gasteiger partial charge is 0.232 e. The third kappa shape index (κ3) is 2.83. The van der Waals surface area contributed by atoms with Crippen LogP contribution in [-0.2, 0) is 0 Å². The van der Waals surface area contributed by atoms with Crippen molar-refractivity contribution in [2.75, 3.05) is 0 Å². The van der Waals surface area contributed by atoms with E-state index in [1.807, 2.05) is 0 Å². The van der Waals surface area contributed by atoms with Crippen molar-refractivity contribution in [2.24, 2.45) is 4.99 Å². The molecule has 2 rings (SSSR count). The predicted molar refractivity (Wildman–Crippen MR) is 76.8 cm³/mol. The van der Waals surface area contributed by atoms with Crippen LogP contribution in [-0.4, -0.2) is 15.1 Å². The molecule has 0 saturated carbocycles. The SMILES string of the molecule is Cc1c(F)cc(-c2cc(Cl)c(N=C=S)c(Cl)n2)nc1F. The van der Waals surface area contributed by atoms with Gasteiger partial charge in [0, 0.05) is 11.6 Å². The van der Waals surface area contributed by atoms with Crippen LogP contribution in [0.2, 0.25) is 10.2 Å². The molecule has 0 amide bonds.